The van der Waals surface area contributed by atoms with Crippen LogP contribution in [0.15, 0.2) is 47.4 Å². The van der Waals surface area contributed by atoms with Crippen LogP contribution in [0.4, 0.5) is 5.69 Å². The fourth-order valence-electron chi connectivity index (χ4n) is 4.97. The van der Waals surface area contributed by atoms with E-state index in [0.29, 0.717) is 11.3 Å². The van der Waals surface area contributed by atoms with E-state index in [4.69, 9.17) is 4.74 Å². The van der Waals surface area contributed by atoms with Crippen LogP contribution in [0, 0.1) is 13.8 Å². The largest absolute Gasteiger partial charge is 0.373 e. The minimum atomic E-state index is -3.70. The van der Waals surface area contributed by atoms with Gasteiger partial charge in [0.1, 0.15) is 0 Å². The fraction of sp³-hybridized carbons (Fsp3) is 0.500. The number of amides is 1. The van der Waals surface area contributed by atoms with Gasteiger partial charge in [-0.25, -0.2) is 8.42 Å². The predicted molar refractivity (Wildman–Crippen MR) is 134 cm³/mol. The normalized spacial score (nSPS) is 23.8. The number of aryl methyl sites for hydroxylation is 2. The van der Waals surface area contributed by atoms with E-state index >= 15 is 0 Å². The van der Waals surface area contributed by atoms with Gasteiger partial charge in [-0.2, -0.15) is 0 Å². The van der Waals surface area contributed by atoms with Crippen molar-refractivity contribution in [1.82, 2.24) is 9.80 Å². The highest BCUT2D eigenvalue weighted by Gasteiger charge is 2.33. The summed E-state index contributed by atoms with van der Waals surface area (Å²) in [6.45, 7) is 11.4. The quantitative estimate of drug-likeness (QED) is 0.673. The van der Waals surface area contributed by atoms with Crippen molar-refractivity contribution in [2.75, 3.05) is 30.9 Å². The van der Waals surface area contributed by atoms with Crippen molar-refractivity contribution in [2.24, 2.45) is 0 Å². The van der Waals surface area contributed by atoms with E-state index in [1.165, 1.54) is 0 Å². The number of anilines is 1. The lowest BCUT2D eigenvalue weighted by atomic mass is 10.1. The van der Waals surface area contributed by atoms with E-state index in [-0.39, 0.29) is 29.1 Å². The number of likely N-dealkylation sites (tertiary alicyclic amines) is 1. The second-order valence-corrected chi connectivity index (χ2v) is 11.4. The smallest absolute Gasteiger partial charge is 0.261 e. The van der Waals surface area contributed by atoms with E-state index in [0.717, 1.165) is 50.1 Å². The molecule has 2 saturated heterocycles. The second-order valence-electron chi connectivity index (χ2n) is 9.70. The van der Waals surface area contributed by atoms with Crippen LogP contribution in [-0.4, -0.2) is 68.6 Å². The van der Waals surface area contributed by atoms with Gasteiger partial charge in [0, 0.05) is 43.5 Å². The number of sulfonamides is 1. The van der Waals surface area contributed by atoms with Gasteiger partial charge in [-0.3, -0.25) is 14.4 Å². The Morgan fingerprint density at radius 2 is 1.71 bits per heavy atom. The molecule has 2 heterocycles. The molecule has 1 N–H and O–H groups in total. The molecule has 0 radical (unpaired) electrons. The fourth-order valence-corrected chi connectivity index (χ4v) is 6.11. The summed E-state index contributed by atoms with van der Waals surface area (Å²) in [4.78, 5) is 17.9. The summed E-state index contributed by atoms with van der Waals surface area (Å²) < 4.78 is 34.0. The minimum absolute atomic E-state index is 0.000392. The molecule has 7 nitrogen and oxygen atoms in total. The number of nitrogens with zero attached hydrogens (tertiary/aromatic N) is 2. The first-order valence-corrected chi connectivity index (χ1v) is 13.5. The van der Waals surface area contributed by atoms with Crippen LogP contribution in [0.3, 0.4) is 0 Å². The molecule has 1 amide bonds. The summed E-state index contributed by atoms with van der Waals surface area (Å²) in [7, 11) is -3.70. The van der Waals surface area contributed by atoms with Gasteiger partial charge >= 0.3 is 0 Å². The minimum Gasteiger partial charge on any atom is -0.373 e. The van der Waals surface area contributed by atoms with E-state index in [1.54, 1.807) is 42.5 Å². The second kappa shape index (κ2) is 10.1. The Hall–Kier alpha value is -2.42. The number of rotatable bonds is 6. The number of carbonyl (C=O) groups is 1. The molecule has 0 saturated carbocycles. The van der Waals surface area contributed by atoms with Gasteiger partial charge in [-0.15, -0.1) is 0 Å². The zero-order valence-electron chi connectivity index (χ0n) is 20.5. The number of nitrogens with one attached hydrogen (secondary N) is 1. The first-order chi connectivity index (χ1) is 16.1. The number of hydrogen-bond donors (Lipinski definition) is 1. The maximum Gasteiger partial charge on any atom is 0.261 e. The molecule has 3 unspecified atom stereocenters. The Morgan fingerprint density at radius 3 is 2.35 bits per heavy atom. The summed E-state index contributed by atoms with van der Waals surface area (Å²) in [5, 5.41) is 0. The van der Waals surface area contributed by atoms with Crippen LogP contribution >= 0.6 is 0 Å². The summed E-state index contributed by atoms with van der Waals surface area (Å²) >= 11 is 0. The van der Waals surface area contributed by atoms with Gasteiger partial charge in [0.05, 0.1) is 17.1 Å². The van der Waals surface area contributed by atoms with Crippen molar-refractivity contribution < 1.29 is 17.9 Å². The number of hydrogen-bond acceptors (Lipinski definition) is 5. The Morgan fingerprint density at radius 1 is 1.03 bits per heavy atom. The van der Waals surface area contributed by atoms with Crippen molar-refractivity contribution in [1.29, 1.82) is 0 Å². The summed E-state index contributed by atoms with van der Waals surface area (Å²) in [6.07, 6.45) is 2.41. The number of benzene rings is 2. The molecule has 0 aliphatic carbocycles. The molecular weight excluding hydrogens is 450 g/mol. The van der Waals surface area contributed by atoms with Crippen LogP contribution in [0.5, 0.6) is 0 Å². The number of carbonyl (C=O) groups excluding carboxylic acids is 1. The predicted octanol–water partition coefficient (Wildman–Crippen LogP) is 3.82. The summed E-state index contributed by atoms with van der Waals surface area (Å²) in [6, 6.07) is 12.0. The molecule has 2 aliphatic rings. The summed E-state index contributed by atoms with van der Waals surface area (Å²) in [5.41, 5.74) is 2.97. The average molecular weight is 486 g/mol. The van der Waals surface area contributed by atoms with Crippen LogP contribution in [0.1, 0.15) is 48.2 Å². The third-order valence-corrected chi connectivity index (χ3v) is 8.15. The molecule has 0 bridgehead atoms. The van der Waals surface area contributed by atoms with E-state index in [1.807, 2.05) is 18.7 Å². The molecule has 2 fully saturated rings. The molecule has 34 heavy (non-hydrogen) atoms. The third-order valence-electron chi connectivity index (χ3n) is 6.77. The van der Waals surface area contributed by atoms with E-state index in [2.05, 4.69) is 23.5 Å². The first kappa shape index (κ1) is 24.7. The topological polar surface area (TPSA) is 79.0 Å². The molecule has 3 atom stereocenters. The van der Waals surface area contributed by atoms with Crippen LogP contribution < -0.4 is 4.72 Å². The van der Waals surface area contributed by atoms with Crippen LogP contribution in [0.25, 0.3) is 0 Å². The lowest BCUT2D eigenvalue weighted by Crippen LogP contribution is -2.50. The maximum absolute atomic E-state index is 13.3. The van der Waals surface area contributed by atoms with Crippen molar-refractivity contribution in [3.8, 4) is 0 Å². The van der Waals surface area contributed by atoms with Gasteiger partial charge in [0.15, 0.2) is 0 Å². The van der Waals surface area contributed by atoms with Gasteiger partial charge in [-0.05, 0) is 88.1 Å². The van der Waals surface area contributed by atoms with Crippen LogP contribution in [0.2, 0.25) is 0 Å². The molecule has 2 aromatic rings. The van der Waals surface area contributed by atoms with Crippen molar-refractivity contribution in [3.63, 3.8) is 0 Å². The van der Waals surface area contributed by atoms with Crippen molar-refractivity contribution in [2.45, 2.75) is 63.7 Å². The van der Waals surface area contributed by atoms with E-state index in [9.17, 15) is 13.2 Å². The Balaban J connectivity index is 1.41. The number of morpholine rings is 1. The highest BCUT2D eigenvalue weighted by Crippen LogP contribution is 2.24. The summed E-state index contributed by atoms with van der Waals surface area (Å²) in [5.74, 6) is 0.000392. The third kappa shape index (κ3) is 5.62. The zero-order chi connectivity index (χ0) is 24.5. The highest BCUT2D eigenvalue weighted by atomic mass is 32.2. The van der Waals surface area contributed by atoms with Gasteiger partial charge in [0.2, 0.25) is 0 Å². The Bertz CT molecular complexity index is 1120. The molecule has 2 aromatic carbocycles. The molecule has 8 heteroatoms. The lowest BCUT2D eigenvalue weighted by molar-refractivity contribution is -0.0715. The standard InChI is InChI=1S/C26H35N3O4S/c1-18-7-12-25(14-19(18)2)34(31,32)27-23-10-8-22(9-11-23)26(30)29-13-5-6-24(29)17-28-15-20(3)33-21(4)16-28/h7-12,14,20-21,24,27H,5-6,13,15-17H2,1-4H3. The molecule has 2 aliphatic heterocycles. The van der Waals surface area contributed by atoms with Gasteiger partial charge in [0.25, 0.3) is 15.9 Å². The molecule has 184 valence electrons. The van der Waals surface area contributed by atoms with Crippen molar-refractivity contribution in [3.05, 3.63) is 59.2 Å². The lowest BCUT2D eigenvalue weighted by Gasteiger charge is -2.38. The van der Waals surface area contributed by atoms with Crippen LogP contribution in [-0.2, 0) is 14.8 Å². The monoisotopic (exact) mass is 485 g/mol. The van der Waals surface area contributed by atoms with Gasteiger partial charge in [-0.1, -0.05) is 6.07 Å². The van der Waals surface area contributed by atoms with Crippen molar-refractivity contribution >= 4 is 21.6 Å². The number of ether oxygens (including phenoxy) is 1. The Labute approximate surface area is 203 Å². The maximum atomic E-state index is 13.3. The molecule has 0 spiro atoms. The molecule has 0 aromatic heterocycles. The Kier molecular flexibility index (Phi) is 7.31. The molecular formula is C26H35N3O4S. The van der Waals surface area contributed by atoms with E-state index < -0.39 is 10.0 Å². The van der Waals surface area contributed by atoms with Gasteiger partial charge < -0.3 is 9.64 Å². The molecule has 4 rings (SSSR count). The average Bonchev–Trinajstić information content (AvgIpc) is 3.22. The zero-order valence-corrected chi connectivity index (χ0v) is 21.3. The first-order valence-electron chi connectivity index (χ1n) is 12.0. The SMILES string of the molecule is Cc1ccc(S(=O)(=O)Nc2ccc(C(=O)N3CCCC3CN3CC(C)OC(C)C3)cc2)cc1C. The highest BCUT2D eigenvalue weighted by molar-refractivity contribution is 7.92.